The molecule has 4 heteroatoms. The Kier molecular flexibility index (Phi) is 19.9. The Morgan fingerprint density at radius 1 is 0.542 bits per heavy atom. The monoisotopic (exact) mass is 343 g/mol. The Labute approximate surface area is 149 Å². The van der Waals surface area contributed by atoms with Crippen LogP contribution in [0.3, 0.4) is 0 Å². The number of rotatable bonds is 19. The van der Waals surface area contributed by atoms with Gasteiger partial charge in [0.1, 0.15) is 0 Å². The van der Waals surface area contributed by atoms with Gasteiger partial charge in [0.25, 0.3) is 0 Å². The van der Waals surface area contributed by atoms with E-state index in [1.165, 1.54) is 89.9 Å². The maximum atomic E-state index is 10.8. The van der Waals surface area contributed by atoms with Crippen molar-refractivity contribution in [3.8, 4) is 0 Å². The highest BCUT2D eigenvalue weighted by molar-refractivity contribution is 5.74. The summed E-state index contributed by atoms with van der Waals surface area (Å²) in [6, 6.07) is 0. The average Bonchev–Trinajstić information content (AvgIpc) is 2.60. The van der Waals surface area contributed by atoms with Crippen LogP contribution in [-0.2, 0) is 4.79 Å². The van der Waals surface area contributed by atoms with Gasteiger partial charge in [-0.05, 0) is 12.8 Å². The Bertz CT molecular complexity index is 259. The van der Waals surface area contributed by atoms with Crippen LogP contribution in [0, 0.1) is 0 Å². The smallest absolute Gasteiger partial charge is 0.243 e. The van der Waals surface area contributed by atoms with E-state index in [2.05, 4.69) is 0 Å². The molecule has 0 aromatic rings. The molecule has 0 atom stereocenters. The van der Waals surface area contributed by atoms with Gasteiger partial charge in [-0.2, -0.15) is 0 Å². The molecule has 0 saturated carbocycles. The Morgan fingerprint density at radius 3 is 1.12 bits per heavy atom. The molecule has 0 aromatic carbocycles. The molecule has 0 aromatic heterocycles. The van der Waals surface area contributed by atoms with Crippen molar-refractivity contribution in [3.63, 3.8) is 0 Å². The normalized spacial score (nSPS) is 10.9. The number of hydroxylamine groups is 1. The lowest BCUT2D eigenvalue weighted by atomic mass is 10.0. The fourth-order valence-corrected chi connectivity index (χ4v) is 3.10. The second-order valence-electron chi connectivity index (χ2n) is 7.02. The molecule has 0 saturated heterocycles. The number of amides is 1. The molecule has 0 aliphatic carbocycles. The van der Waals surface area contributed by atoms with Crippen molar-refractivity contribution in [2.45, 2.75) is 116 Å². The first-order chi connectivity index (χ1) is 11.8. The van der Waals surface area contributed by atoms with Crippen molar-refractivity contribution in [2.24, 2.45) is 0 Å². The summed E-state index contributed by atoms with van der Waals surface area (Å²) < 4.78 is 0. The third-order valence-corrected chi connectivity index (χ3v) is 4.69. The third-order valence-electron chi connectivity index (χ3n) is 4.69. The maximum Gasteiger partial charge on any atom is 0.243 e. The van der Waals surface area contributed by atoms with Crippen molar-refractivity contribution in [1.82, 2.24) is 5.48 Å². The minimum Gasteiger partial charge on any atom is -0.396 e. The topological polar surface area (TPSA) is 69.6 Å². The first-order valence-electron chi connectivity index (χ1n) is 10.3. The van der Waals surface area contributed by atoms with Gasteiger partial charge in [-0.15, -0.1) is 0 Å². The van der Waals surface area contributed by atoms with Crippen LogP contribution in [-0.4, -0.2) is 22.8 Å². The Balaban J connectivity index is 2.99. The summed E-state index contributed by atoms with van der Waals surface area (Å²) in [5, 5.41) is 17.1. The zero-order valence-corrected chi connectivity index (χ0v) is 15.7. The number of unbranched alkanes of at least 4 members (excludes halogenated alkanes) is 16. The van der Waals surface area contributed by atoms with Gasteiger partial charge in [-0.25, -0.2) is 5.48 Å². The van der Waals surface area contributed by atoms with Crippen LogP contribution in [0.15, 0.2) is 0 Å². The van der Waals surface area contributed by atoms with Gasteiger partial charge in [0.2, 0.25) is 5.91 Å². The third kappa shape index (κ3) is 19.4. The minimum absolute atomic E-state index is 0.267. The van der Waals surface area contributed by atoms with Crippen molar-refractivity contribution < 1.29 is 15.1 Å². The highest BCUT2D eigenvalue weighted by Crippen LogP contribution is 2.14. The standard InChI is InChI=1S/C20H41NO3/c22-19-17-15-13-11-9-7-5-3-1-2-4-6-8-10-12-14-16-18-20(23)21-24/h22,24H,1-19H2,(H,21,23). The maximum absolute atomic E-state index is 10.8. The van der Waals surface area contributed by atoms with E-state index in [0.29, 0.717) is 13.0 Å². The Morgan fingerprint density at radius 2 is 0.833 bits per heavy atom. The number of aliphatic hydroxyl groups is 1. The van der Waals surface area contributed by atoms with E-state index in [1.54, 1.807) is 5.48 Å². The molecule has 4 nitrogen and oxygen atoms in total. The molecule has 0 unspecified atom stereocenters. The summed E-state index contributed by atoms with van der Waals surface area (Å²) in [6.45, 7) is 0.351. The van der Waals surface area contributed by atoms with Crippen LogP contribution >= 0.6 is 0 Å². The summed E-state index contributed by atoms with van der Waals surface area (Å²) >= 11 is 0. The molecule has 144 valence electrons. The summed E-state index contributed by atoms with van der Waals surface area (Å²) in [5.41, 5.74) is 1.67. The largest absolute Gasteiger partial charge is 0.396 e. The first kappa shape index (κ1) is 23.4. The van der Waals surface area contributed by atoms with Crippen LogP contribution in [0.1, 0.15) is 116 Å². The average molecular weight is 344 g/mol. The van der Waals surface area contributed by atoms with E-state index < -0.39 is 0 Å². The summed E-state index contributed by atoms with van der Waals surface area (Å²) in [6.07, 6.45) is 22.0. The zero-order valence-electron chi connectivity index (χ0n) is 15.7. The molecular weight excluding hydrogens is 302 g/mol. The highest BCUT2D eigenvalue weighted by atomic mass is 16.5. The molecule has 24 heavy (non-hydrogen) atoms. The van der Waals surface area contributed by atoms with E-state index in [4.69, 9.17) is 10.3 Å². The summed E-state index contributed by atoms with van der Waals surface area (Å²) in [4.78, 5) is 10.8. The number of hydrogen-bond donors (Lipinski definition) is 3. The lowest BCUT2D eigenvalue weighted by Crippen LogP contribution is -2.17. The number of hydrogen-bond acceptors (Lipinski definition) is 3. The summed E-state index contributed by atoms with van der Waals surface area (Å²) in [7, 11) is 0. The van der Waals surface area contributed by atoms with E-state index in [9.17, 15) is 4.79 Å². The van der Waals surface area contributed by atoms with Crippen molar-refractivity contribution >= 4 is 5.91 Å². The van der Waals surface area contributed by atoms with E-state index in [0.717, 1.165) is 19.3 Å². The van der Waals surface area contributed by atoms with Gasteiger partial charge in [0.05, 0.1) is 0 Å². The molecule has 0 bridgehead atoms. The molecule has 0 fully saturated rings. The van der Waals surface area contributed by atoms with Crippen LogP contribution in [0.4, 0.5) is 0 Å². The van der Waals surface area contributed by atoms with Crippen LogP contribution in [0.2, 0.25) is 0 Å². The van der Waals surface area contributed by atoms with Crippen molar-refractivity contribution in [2.75, 3.05) is 6.61 Å². The van der Waals surface area contributed by atoms with E-state index in [-0.39, 0.29) is 5.91 Å². The van der Waals surface area contributed by atoms with Gasteiger partial charge in [-0.3, -0.25) is 10.0 Å². The molecule has 3 N–H and O–H groups in total. The molecule has 1 amide bonds. The number of carbonyl (C=O) groups is 1. The molecular formula is C20H41NO3. The fourth-order valence-electron chi connectivity index (χ4n) is 3.10. The fraction of sp³-hybridized carbons (Fsp3) is 0.950. The predicted octanol–water partition coefficient (Wildman–Crippen LogP) is 5.51. The van der Waals surface area contributed by atoms with Gasteiger partial charge in [0.15, 0.2) is 0 Å². The van der Waals surface area contributed by atoms with E-state index >= 15 is 0 Å². The Hall–Kier alpha value is -0.610. The second kappa shape index (κ2) is 20.4. The number of carbonyl (C=O) groups excluding carboxylic acids is 1. The first-order valence-corrected chi connectivity index (χ1v) is 10.3. The highest BCUT2D eigenvalue weighted by Gasteiger charge is 1.98. The quantitative estimate of drug-likeness (QED) is 0.165. The number of nitrogens with one attached hydrogen (secondary N) is 1. The predicted molar refractivity (Wildman–Crippen MR) is 100 cm³/mol. The zero-order chi connectivity index (χ0) is 17.7. The summed E-state index contributed by atoms with van der Waals surface area (Å²) in [5.74, 6) is -0.267. The SMILES string of the molecule is O=C(CCCCCCCCCCCCCCCCCCCO)NO. The van der Waals surface area contributed by atoms with Crippen molar-refractivity contribution in [1.29, 1.82) is 0 Å². The molecule has 0 heterocycles. The van der Waals surface area contributed by atoms with Crippen LogP contribution in [0.5, 0.6) is 0 Å². The molecule has 0 rings (SSSR count). The minimum atomic E-state index is -0.267. The lowest BCUT2D eigenvalue weighted by molar-refractivity contribution is -0.129. The van der Waals surface area contributed by atoms with Gasteiger partial charge in [0, 0.05) is 13.0 Å². The molecule has 0 radical (unpaired) electrons. The van der Waals surface area contributed by atoms with Crippen LogP contribution in [0.25, 0.3) is 0 Å². The lowest BCUT2D eigenvalue weighted by Gasteiger charge is -2.03. The van der Waals surface area contributed by atoms with Gasteiger partial charge < -0.3 is 5.11 Å². The van der Waals surface area contributed by atoms with E-state index in [1.807, 2.05) is 0 Å². The van der Waals surface area contributed by atoms with Gasteiger partial charge in [-0.1, -0.05) is 96.3 Å². The van der Waals surface area contributed by atoms with Crippen LogP contribution < -0.4 is 5.48 Å². The van der Waals surface area contributed by atoms with Gasteiger partial charge >= 0.3 is 0 Å². The second-order valence-corrected chi connectivity index (χ2v) is 7.02. The van der Waals surface area contributed by atoms with Crippen molar-refractivity contribution in [3.05, 3.63) is 0 Å². The molecule has 0 spiro atoms. The number of aliphatic hydroxyl groups excluding tert-OH is 1. The molecule has 0 aliphatic rings. The molecule has 0 aliphatic heterocycles.